The van der Waals surface area contributed by atoms with E-state index in [0.717, 1.165) is 61.6 Å². The molecule has 0 aliphatic rings. The fraction of sp³-hybridized carbons (Fsp3) is 0. The molecule has 11 aromatic rings. The lowest BCUT2D eigenvalue weighted by Gasteiger charge is -2.15. The molecule has 0 amide bonds. The third-order valence-electron chi connectivity index (χ3n) is 10.9. The average Bonchev–Trinajstić information content (AvgIpc) is 3.80. The number of rotatable bonds is 6. The number of nitrogens with zero attached hydrogens (tertiary/aromatic N) is 4. The van der Waals surface area contributed by atoms with Crippen LogP contribution in [-0.4, -0.2) is 19.1 Å². The van der Waals surface area contributed by atoms with Crippen molar-refractivity contribution >= 4 is 43.6 Å². The minimum absolute atomic E-state index is 0.697. The molecular formula is C52H34N4. The van der Waals surface area contributed by atoms with E-state index in [1.807, 2.05) is 24.3 Å². The minimum atomic E-state index is 0.697. The SMILES string of the molecule is c1ccc(-c2cc(-c3cc(-c4ccccc4)nc(-c4ccccc4)n3)cc(-n3c4ccccc4c4cc(-n5c6ccccc6c6ccccc65)ccc43)c2)cc1. The number of para-hydroxylation sites is 3. The van der Waals surface area contributed by atoms with Crippen LogP contribution in [0.2, 0.25) is 0 Å². The van der Waals surface area contributed by atoms with Gasteiger partial charge in [-0.3, -0.25) is 0 Å². The van der Waals surface area contributed by atoms with Gasteiger partial charge in [-0.25, -0.2) is 9.97 Å². The van der Waals surface area contributed by atoms with Gasteiger partial charge in [-0.15, -0.1) is 0 Å². The normalized spacial score (nSPS) is 11.6. The molecule has 3 aromatic heterocycles. The van der Waals surface area contributed by atoms with Gasteiger partial charge in [0.2, 0.25) is 0 Å². The highest BCUT2D eigenvalue weighted by Gasteiger charge is 2.19. The van der Waals surface area contributed by atoms with E-state index in [0.29, 0.717) is 5.82 Å². The van der Waals surface area contributed by atoms with Crippen molar-refractivity contribution in [2.24, 2.45) is 0 Å². The first-order valence-corrected chi connectivity index (χ1v) is 19.0. The lowest BCUT2D eigenvalue weighted by atomic mass is 9.99. The lowest BCUT2D eigenvalue weighted by molar-refractivity contribution is 1.16. The van der Waals surface area contributed by atoms with Gasteiger partial charge in [-0.1, -0.05) is 146 Å². The summed E-state index contributed by atoms with van der Waals surface area (Å²) in [6.45, 7) is 0. The van der Waals surface area contributed by atoms with Crippen LogP contribution in [0.4, 0.5) is 0 Å². The molecule has 0 aliphatic carbocycles. The Kier molecular flexibility index (Phi) is 7.46. The molecule has 4 nitrogen and oxygen atoms in total. The Balaban J connectivity index is 1.16. The van der Waals surface area contributed by atoms with Gasteiger partial charge in [-0.2, -0.15) is 0 Å². The molecule has 0 N–H and O–H groups in total. The second-order valence-corrected chi connectivity index (χ2v) is 14.3. The Morgan fingerprint density at radius 2 is 0.714 bits per heavy atom. The van der Waals surface area contributed by atoms with Crippen LogP contribution in [0.15, 0.2) is 206 Å². The highest BCUT2D eigenvalue weighted by molar-refractivity contribution is 6.12. The summed E-state index contributed by atoms with van der Waals surface area (Å²) in [4.78, 5) is 10.3. The molecule has 0 unspecified atom stereocenters. The summed E-state index contributed by atoms with van der Waals surface area (Å²) < 4.78 is 4.81. The average molecular weight is 715 g/mol. The minimum Gasteiger partial charge on any atom is -0.309 e. The van der Waals surface area contributed by atoms with Crippen LogP contribution < -0.4 is 0 Å². The Bertz CT molecular complexity index is 3120. The summed E-state index contributed by atoms with van der Waals surface area (Å²) in [5.74, 6) is 0.697. The van der Waals surface area contributed by atoms with Gasteiger partial charge in [0.1, 0.15) is 0 Å². The van der Waals surface area contributed by atoms with Crippen LogP contribution in [0.5, 0.6) is 0 Å². The molecule has 8 aromatic carbocycles. The first kappa shape index (κ1) is 31.9. The molecule has 4 heteroatoms. The van der Waals surface area contributed by atoms with Crippen molar-refractivity contribution in [3.8, 4) is 56.4 Å². The molecule has 0 atom stereocenters. The van der Waals surface area contributed by atoms with E-state index in [1.165, 1.54) is 32.6 Å². The number of benzene rings is 8. The van der Waals surface area contributed by atoms with Crippen LogP contribution in [0, 0.1) is 0 Å². The summed E-state index contributed by atoms with van der Waals surface area (Å²) in [5.41, 5.74) is 14.0. The Morgan fingerprint density at radius 3 is 1.32 bits per heavy atom. The molecule has 11 rings (SSSR count). The number of aromatic nitrogens is 4. The smallest absolute Gasteiger partial charge is 0.160 e. The zero-order valence-electron chi connectivity index (χ0n) is 30.4. The fourth-order valence-electron chi connectivity index (χ4n) is 8.33. The van der Waals surface area contributed by atoms with E-state index < -0.39 is 0 Å². The third-order valence-corrected chi connectivity index (χ3v) is 10.9. The topological polar surface area (TPSA) is 35.6 Å². The molecule has 56 heavy (non-hydrogen) atoms. The van der Waals surface area contributed by atoms with E-state index in [4.69, 9.17) is 9.97 Å². The van der Waals surface area contributed by atoms with Gasteiger partial charge in [-0.05, 0) is 71.8 Å². The Hall–Kier alpha value is -7.56. The van der Waals surface area contributed by atoms with E-state index in [-0.39, 0.29) is 0 Å². The summed E-state index contributed by atoms with van der Waals surface area (Å²) in [5, 5.41) is 4.92. The molecule has 0 bridgehead atoms. The van der Waals surface area contributed by atoms with Crippen LogP contribution in [-0.2, 0) is 0 Å². The quantitative estimate of drug-likeness (QED) is 0.172. The molecule has 0 radical (unpaired) electrons. The molecule has 0 spiro atoms. The molecular weight excluding hydrogens is 681 g/mol. The first-order chi connectivity index (χ1) is 27.8. The van der Waals surface area contributed by atoms with E-state index in [1.54, 1.807) is 0 Å². The molecule has 0 saturated heterocycles. The van der Waals surface area contributed by atoms with Crippen molar-refractivity contribution in [1.82, 2.24) is 19.1 Å². The maximum Gasteiger partial charge on any atom is 0.160 e. The zero-order valence-corrected chi connectivity index (χ0v) is 30.4. The van der Waals surface area contributed by atoms with Crippen molar-refractivity contribution in [1.29, 1.82) is 0 Å². The monoisotopic (exact) mass is 714 g/mol. The number of hydrogen-bond acceptors (Lipinski definition) is 2. The highest BCUT2D eigenvalue weighted by Crippen LogP contribution is 2.39. The predicted molar refractivity (Wildman–Crippen MR) is 232 cm³/mol. The van der Waals surface area contributed by atoms with Crippen LogP contribution in [0.1, 0.15) is 0 Å². The van der Waals surface area contributed by atoms with Crippen LogP contribution in [0.3, 0.4) is 0 Å². The van der Waals surface area contributed by atoms with Crippen LogP contribution in [0.25, 0.3) is 100 Å². The van der Waals surface area contributed by atoms with Gasteiger partial charge in [0.15, 0.2) is 5.82 Å². The fourth-order valence-corrected chi connectivity index (χ4v) is 8.33. The van der Waals surface area contributed by atoms with Gasteiger partial charge in [0.25, 0.3) is 0 Å². The number of fused-ring (bicyclic) bond motifs is 6. The van der Waals surface area contributed by atoms with Crippen molar-refractivity contribution in [3.05, 3.63) is 206 Å². The van der Waals surface area contributed by atoms with E-state index in [9.17, 15) is 0 Å². The van der Waals surface area contributed by atoms with Crippen molar-refractivity contribution in [2.75, 3.05) is 0 Å². The molecule has 0 saturated carbocycles. The zero-order chi connectivity index (χ0) is 37.0. The lowest BCUT2D eigenvalue weighted by Crippen LogP contribution is -1.99. The van der Waals surface area contributed by atoms with Gasteiger partial charge < -0.3 is 9.13 Å². The Labute approximate surface area is 324 Å². The standard InChI is InChI=1S/C52H34N4/c1-4-16-35(17-5-1)38-30-39(47-34-46(36-18-6-2-7-19-36)53-52(54-47)37-20-8-3-9-21-37)32-41(31-38)56-50-27-15-12-24-44(50)45-33-40(28-29-51(45)56)55-48-25-13-10-22-42(48)43-23-11-14-26-49(43)55/h1-34H. The van der Waals surface area contributed by atoms with Crippen molar-refractivity contribution in [2.45, 2.75) is 0 Å². The molecule has 0 fully saturated rings. The third kappa shape index (κ3) is 5.31. The van der Waals surface area contributed by atoms with E-state index >= 15 is 0 Å². The largest absolute Gasteiger partial charge is 0.309 e. The summed E-state index contributed by atoms with van der Waals surface area (Å²) in [7, 11) is 0. The van der Waals surface area contributed by atoms with Gasteiger partial charge >= 0.3 is 0 Å². The maximum atomic E-state index is 5.25. The molecule has 0 aliphatic heterocycles. The second kappa shape index (κ2) is 13.1. The maximum absolute atomic E-state index is 5.25. The van der Waals surface area contributed by atoms with Crippen molar-refractivity contribution in [3.63, 3.8) is 0 Å². The predicted octanol–water partition coefficient (Wildman–Crippen LogP) is 13.3. The van der Waals surface area contributed by atoms with Gasteiger partial charge in [0, 0.05) is 49.6 Å². The van der Waals surface area contributed by atoms with E-state index in [2.05, 4.69) is 191 Å². The summed E-state index contributed by atoms with van der Waals surface area (Å²) in [6.07, 6.45) is 0. The highest BCUT2D eigenvalue weighted by atomic mass is 15.0. The molecule has 262 valence electrons. The number of hydrogen-bond donors (Lipinski definition) is 0. The molecule has 3 heterocycles. The summed E-state index contributed by atoms with van der Waals surface area (Å²) in [6, 6.07) is 73.3. The summed E-state index contributed by atoms with van der Waals surface area (Å²) >= 11 is 0. The Morgan fingerprint density at radius 1 is 0.268 bits per heavy atom. The van der Waals surface area contributed by atoms with Crippen LogP contribution >= 0.6 is 0 Å². The van der Waals surface area contributed by atoms with Gasteiger partial charge in [0.05, 0.1) is 33.5 Å². The second-order valence-electron chi connectivity index (χ2n) is 14.3. The van der Waals surface area contributed by atoms with Crippen molar-refractivity contribution < 1.29 is 0 Å². The first-order valence-electron chi connectivity index (χ1n) is 19.0.